The van der Waals surface area contributed by atoms with E-state index in [0.29, 0.717) is 23.3 Å². The van der Waals surface area contributed by atoms with Crippen molar-refractivity contribution in [1.82, 2.24) is 4.90 Å². The summed E-state index contributed by atoms with van der Waals surface area (Å²) in [7, 11) is -2.82. The molecule has 1 heterocycles. The molecule has 0 saturated carbocycles. The molecule has 4 rings (SSSR count). The van der Waals surface area contributed by atoms with Crippen LogP contribution >= 0.6 is 0 Å². The SMILES string of the molecule is COC(=O)[C@H](C(C)C)N1Cc2ccc(-c3ccc(NS(=O)(=O)c4ccc(C(F)(F)F)cc4)cc3)cc2C1=O. The summed E-state index contributed by atoms with van der Waals surface area (Å²) < 4.78 is 70.8. The van der Waals surface area contributed by atoms with Crippen molar-refractivity contribution in [1.29, 1.82) is 0 Å². The fourth-order valence-corrected chi connectivity index (χ4v) is 5.43. The standard InChI is InChI=1S/C27H25F3N2O5S/c1-16(2)24(26(34)37-3)32-15-19-5-4-18(14-23(19)25(32)33)17-6-10-21(11-7-17)31-38(35,36)22-12-8-20(9-13-22)27(28,29)30/h4-14,16,24,31H,15H2,1-3H3/t24-/m0/s1. The Morgan fingerprint density at radius 2 is 1.58 bits per heavy atom. The van der Waals surface area contributed by atoms with Gasteiger partial charge in [-0.15, -0.1) is 0 Å². The van der Waals surface area contributed by atoms with Crippen molar-refractivity contribution in [2.45, 2.75) is 37.5 Å². The van der Waals surface area contributed by atoms with E-state index < -0.39 is 33.8 Å². The van der Waals surface area contributed by atoms with Crippen molar-refractivity contribution in [2.75, 3.05) is 11.8 Å². The number of anilines is 1. The molecule has 7 nitrogen and oxygen atoms in total. The minimum atomic E-state index is -4.57. The first-order valence-corrected chi connectivity index (χ1v) is 13.1. The molecule has 0 unspecified atom stereocenters. The number of benzene rings is 3. The van der Waals surface area contributed by atoms with Crippen LogP contribution in [-0.4, -0.2) is 38.3 Å². The second-order valence-electron chi connectivity index (χ2n) is 9.22. The number of nitrogens with one attached hydrogen (secondary N) is 1. The van der Waals surface area contributed by atoms with Gasteiger partial charge in [0.05, 0.1) is 17.6 Å². The number of alkyl halides is 3. The van der Waals surface area contributed by atoms with Crippen LogP contribution in [0.15, 0.2) is 71.6 Å². The van der Waals surface area contributed by atoms with Crippen LogP contribution < -0.4 is 4.72 Å². The van der Waals surface area contributed by atoms with Gasteiger partial charge in [-0.25, -0.2) is 13.2 Å². The number of sulfonamides is 1. The van der Waals surface area contributed by atoms with Gasteiger partial charge in [0.1, 0.15) is 6.04 Å². The number of rotatable bonds is 7. The lowest BCUT2D eigenvalue weighted by Crippen LogP contribution is -2.45. The first-order valence-electron chi connectivity index (χ1n) is 11.6. The quantitative estimate of drug-likeness (QED) is 0.405. The van der Waals surface area contributed by atoms with Crippen molar-refractivity contribution >= 4 is 27.6 Å². The average Bonchev–Trinajstić information content (AvgIpc) is 3.18. The number of halogens is 3. The minimum Gasteiger partial charge on any atom is -0.467 e. The van der Waals surface area contributed by atoms with Crippen LogP contribution in [0.3, 0.4) is 0 Å². The van der Waals surface area contributed by atoms with Crippen molar-refractivity contribution in [3.05, 3.63) is 83.4 Å². The molecule has 0 aliphatic carbocycles. The molecule has 1 aliphatic rings. The zero-order valence-electron chi connectivity index (χ0n) is 20.7. The molecular weight excluding hydrogens is 521 g/mol. The van der Waals surface area contributed by atoms with Gasteiger partial charge in [-0.1, -0.05) is 38.1 Å². The Balaban J connectivity index is 1.52. The fraction of sp³-hybridized carbons (Fsp3) is 0.259. The van der Waals surface area contributed by atoms with E-state index in [1.165, 1.54) is 24.1 Å². The first kappa shape index (κ1) is 27.2. The molecule has 200 valence electrons. The molecule has 3 aromatic rings. The summed E-state index contributed by atoms with van der Waals surface area (Å²) in [6, 6.07) is 14.2. The van der Waals surface area contributed by atoms with Gasteiger partial charge in [0.25, 0.3) is 15.9 Å². The van der Waals surface area contributed by atoms with Gasteiger partial charge in [0.2, 0.25) is 0 Å². The molecule has 0 radical (unpaired) electrons. The van der Waals surface area contributed by atoms with Gasteiger partial charge in [-0.3, -0.25) is 9.52 Å². The normalized spacial score (nSPS) is 14.4. The molecule has 38 heavy (non-hydrogen) atoms. The third-order valence-corrected chi connectivity index (χ3v) is 7.71. The highest BCUT2D eigenvalue weighted by Gasteiger charge is 2.38. The van der Waals surface area contributed by atoms with Crippen molar-refractivity contribution in [2.24, 2.45) is 5.92 Å². The molecule has 1 amide bonds. The zero-order valence-corrected chi connectivity index (χ0v) is 21.6. The molecule has 0 bridgehead atoms. The van der Waals surface area contributed by atoms with E-state index in [0.717, 1.165) is 23.3 Å². The van der Waals surface area contributed by atoms with E-state index in [1.54, 1.807) is 18.2 Å². The minimum absolute atomic E-state index is 0.140. The number of hydrogen-bond acceptors (Lipinski definition) is 5. The smallest absolute Gasteiger partial charge is 0.416 e. The van der Waals surface area contributed by atoms with Crippen LogP contribution in [0.4, 0.5) is 18.9 Å². The molecule has 1 atom stereocenters. The predicted octanol–water partition coefficient (Wildman–Crippen LogP) is 5.33. The van der Waals surface area contributed by atoms with Crippen LogP contribution in [-0.2, 0) is 32.3 Å². The Bertz CT molecular complexity index is 1470. The van der Waals surface area contributed by atoms with Crippen molar-refractivity contribution in [3.8, 4) is 11.1 Å². The van der Waals surface area contributed by atoms with Crippen LogP contribution in [0, 0.1) is 5.92 Å². The molecule has 0 fully saturated rings. The van der Waals surface area contributed by atoms with E-state index in [-0.39, 0.29) is 29.0 Å². The highest BCUT2D eigenvalue weighted by Crippen LogP contribution is 2.33. The van der Waals surface area contributed by atoms with E-state index in [4.69, 9.17) is 4.74 Å². The third-order valence-electron chi connectivity index (χ3n) is 6.31. The van der Waals surface area contributed by atoms with E-state index >= 15 is 0 Å². The summed E-state index contributed by atoms with van der Waals surface area (Å²) in [6.07, 6.45) is -4.57. The lowest BCUT2D eigenvalue weighted by molar-refractivity contribution is -0.147. The highest BCUT2D eigenvalue weighted by molar-refractivity contribution is 7.92. The van der Waals surface area contributed by atoms with Gasteiger partial charge in [0, 0.05) is 17.8 Å². The van der Waals surface area contributed by atoms with Crippen LogP contribution in [0.2, 0.25) is 0 Å². The number of methoxy groups -OCH3 is 1. The maximum atomic E-state index is 13.1. The number of carbonyl (C=O) groups is 2. The summed E-state index contributed by atoms with van der Waals surface area (Å²) in [5, 5.41) is 0. The summed E-state index contributed by atoms with van der Waals surface area (Å²) in [5.41, 5.74) is 1.97. The monoisotopic (exact) mass is 546 g/mol. The molecule has 0 spiro atoms. The molecular formula is C27H25F3N2O5S. The van der Waals surface area contributed by atoms with Gasteiger partial charge >= 0.3 is 12.1 Å². The summed E-state index contributed by atoms with van der Waals surface area (Å²) in [4.78, 5) is 26.6. The average molecular weight is 547 g/mol. The Labute approximate surface area is 218 Å². The van der Waals surface area contributed by atoms with E-state index in [2.05, 4.69) is 4.72 Å². The summed E-state index contributed by atoms with van der Waals surface area (Å²) in [6.45, 7) is 3.98. The Kier molecular flexibility index (Phi) is 7.24. The third kappa shape index (κ3) is 5.38. The van der Waals surface area contributed by atoms with Gasteiger partial charge < -0.3 is 9.64 Å². The maximum absolute atomic E-state index is 13.1. The Morgan fingerprint density at radius 1 is 0.974 bits per heavy atom. The molecule has 11 heteroatoms. The number of nitrogens with zero attached hydrogens (tertiary/aromatic N) is 1. The van der Waals surface area contributed by atoms with E-state index in [1.807, 2.05) is 26.0 Å². The lowest BCUT2D eigenvalue weighted by atomic mass is 10.0. The van der Waals surface area contributed by atoms with Gasteiger partial charge in [-0.05, 0) is 65.1 Å². The van der Waals surface area contributed by atoms with Crippen LogP contribution in [0.1, 0.15) is 35.3 Å². The van der Waals surface area contributed by atoms with Crippen molar-refractivity contribution in [3.63, 3.8) is 0 Å². The van der Waals surface area contributed by atoms with Crippen LogP contribution in [0.25, 0.3) is 11.1 Å². The fourth-order valence-electron chi connectivity index (χ4n) is 4.38. The van der Waals surface area contributed by atoms with Crippen LogP contribution in [0.5, 0.6) is 0 Å². The highest BCUT2D eigenvalue weighted by atomic mass is 32.2. The van der Waals surface area contributed by atoms with Gasteiger partial charge in [-0.2, -0.15) is 13.2 Å². The number of hydrogen-bond donors (Lipinski definition) is 1. The largest absolute Gasteiger partial charge is 0.467 e. The zero-order chi connectivity index (χ0) is 27.8. The molecule has 0 aromatic heterocycles. The summed E-state index contributed by atoms with van der Waals surface area (Å²) >= 11 is 0. The molecule has 3 aromatic carbocycles. The van der Waals surface area contributed by atoms with Gasteiger partial charge in [0.15, 0.2) is 0 Å². The molecule has 1 aliphatic heterocycles. The number of fused-ring (bicyclic) bond motifs is 1. The molecule has 1 N–H and O–H groups in total. The second-order valence-corrected chi connectivity index (χ2v) is 10.9. The number of ether oxygens (including phenoxy) is 1. The van der Waals surface area contributed by atoms with E-state index in [9.17, 15) is 31.2 Å². The predicted molar refractivity (Wildman–Crippen MR) is 135 cm³/mol. The number of esters is 1. The topological polar surface area (TPSA) is 92.8 Å². The molecule has 0 saturated heterocycles. The maximum Gasteiger partial charge on any atom is 0.416 e. The number of amides is 1. The number of carbonyl (C=O) groups excluding carboxylic acids is 2. The Morgan fingerprint density at radius 3 is 2.13 bits per heavy atom. The lowest BCUT2D eigenvalue weighted by Gasteiger charge is -2.28. The summed E-state index contributed by atoms with van der Waals surface area (Å²) in [5.74, 6) is -0.887. The van der Waals surface area contributed by atoms with Crippen molar-refractivity contribution < 1.29 is 35.9 Å². The Hall–Kier alpha value is -3.86. The first-order chi connectivity index (χ1) is 17.8. The second kappa shape index (κ2) is 10.1.